The topological polar surface area (TPSA) is 29.1 Å². The quantitative estimate of drug-likeness (QED) is 0.832. The van der Waals surface area contributed by atoms with Crippen LogP contribution in [0.2, 0.25) is 0 Å². The first-order valence-corrected chi connectivity index (χ1v) is 7.26. The molecule has 2 aromatic rings. The molecule has 2 rings (SSSR count). The zero-order chi connectivity index (χ0) is 13.8. The van der Waals surface area contributed by atoms with Crippen molar-refractivity contribution in [1.29, 1.82) is 0 Å². The van der Waals surface area contributed by atoms with Gasteiger partial charge in [0.1, 0.15) is 0 Å². The van der Waals surface area contributed by atoms with Gasteiger partial charge in [-0.3, -0.25) is 4.79 Å². The number of rotatable bonds is 3. The summed E-state index contributed by atoms with van der Waals surface area (Å²) < 4.78 is 0. The number of carbonyl (C=O) groups excluding carboxylic acids is 1. The van der Waals surface area contributed by atoms with Crippen molar-refractivity contribution in [3.8, 4) is 0 Å². The molecule has 0 saturated carbocycles. The summed E-state index contributed by atoms with van der Waals surface area (Å²) in [5, 5.41) is 3.74. The van der Waals surface area contributed by atoms with Crippen LogP contribution >= 0.6 is 15.9 Å². The average molecular weight is 318 g/mol. The van der Waals surface area contributed by atoms with Gasteiger partial charge in [-0.15, -0.1) is 0 Å². The number of carbonyl (C=O) groups is 1. The number of hydrogen-bond acceptors (Lipinski definition) is 1. The van der Waals surface area contributed by atoms with E-state index in [0.29, 0.717) is 0 Å². The monoisotopic (exact) mass is 317 g/mol. The molecule has 2 aromatic carbocycles. The van der Waals surface area contributed by atoms with Gasteiger partial charge in [-0.2, -0.15) is 0 Å². The molecule has 0 atom stereocenters. The Morgan fingerprint density at radius 2 is 1.79 bits per heavy atom. The summed E-state index contributed by atoms with van der Waals surface area (Å²) in [4.78, 5) is 12.2. The zero-order valence-electron chi connectivity index (χ0n) is 11.0. The van der Waals surface area contributed by atoms with Crippen LogP contribution in [-0.4, -0.2) is 5.91 Å². The predicted molar refractivity (Wildman–Crippen MR) is 82.9 cm³/mol. The van der Waals surface area contributed by atoms with Gasteiger partial charge in [-0.25, -0.2) is 0 Å². The fraction of sp³-hybridized carbons (Fsp3) is 0.188. The van der Waals surface area contributed by atoms with E-state index in [-0.39, 0.29) is 5.91 Å². The highest BCUT2D eigenvalue weighted by Gasteiger charge is 2.10. The maximum atomic E-state index is 12.2. The van der Waals surface area contributed by atoms with E-state index in [0.717, 1.165) is 27.7 Å². The minimum absolute atomic E-state index is 0.0622. The van der Waals surface area contributed by atoms with E-state index >= 15 is 0 Å². The van der Waals surface area contributed by atoms with Gasteiger partial charge < -0.3 is 5.32 Å². The molecule has 0 aromatic heterocycles. The van der Waals surface area contributed by atoms with Crippen LogP contribution in [0, 0.1) is 13.8 Å². The molecule has 3 heteroatoms. The lowest BCUT2D eigenvalue weighted by Gasteiger charge is -2.09. The molecule has 1 amide bonds. The van der Waals surface area contributed by atoms with Crippen molar-refractivity contribution in [3.63, 3.8) is 0 Å². The van der Waals surface area contributed by atoms with Crippen molar-refractivity contribution in [3.05, 3.63) is 64.7 Å². The maximum absolute atomic E-state index is 12.2. The number of aryl methyl sites for hydroxylation is 1. The van der Waals surface area contributed by atoms with Crippen LogP contribution in [0.4, 0.5) is 5.69 Å². The minimum atomic E-state index is -0.0622. The van der Waals surface area contributed by atoms with Crippen molar-refractivity contribution < 1.29 is 4.79 Å². The van der Waals surface area contributed by atoms with Crippen LogP contribution in [0.1, 0.15) is 27.0 Å². The number of amides is 1. The fourth-order valence-electron chi connectivity index (χ4n) is 1.87. The largest absolute Gasteiger partial charge is 0.322 e. The molecule has 0 fully saturated rings. The Morgan fingerprint density at radius 3 is 2.42 bits per heavy atom. The Bertz CT molecular complexity index is 590. The van der Waals surface area contributed by atoms with E-state index in [1.807, 2.05) is 56.3 Å². The first-order chi connectivity index (χ1) is 9.11. The highest BCUT2D eigenvalue weighted by Crippen LogP contribution is 2.16. The summed E-state index contributed by atoms with van der Waals surface area (Å²) in [7, 11) is 0. The third kappa shape index (κ3) is 3.24. The fourth-order valence-corrected chi connectivity index (χ4v) is 2.25. The number of alkyl halides is 1. The molecule has 98 valence electrons. The molecular weight excluding hydrogens is 302 g/mol. The van der Waals surface area contributed by atoms with Gasteiger partial charge in [0.05, 0.1) is 0 Å². The number of benzene rings is 2. The van der Waals surface area contributed by atoms with Crippen molar-refractivity contribution >= 4 is 27.5 Å². The van der Waals surface area contributed by atoms with Gasteiger partial charge in [0.2, 0.25) is 0 Å². The smallest absolute Gasteiger partial charge is 0.255 e. The van der Waals surface area contributed by atoms with Crippen LogP contribution in [0.5, 0.6) is 0 Å². The maximum Gasteiger partial charge on any atom is 0.255 e. The average Bonchev–Trinajstić information content (AvgIpc) is 2.42. The predicted octanol–water partition coefficient (Wildman–Crippen LogP) is 4.45. The van der Waals surface area contributed by atoms with E-state index in [9.17, 15) is 4.79 Å². The number of halogens is 1. The lowest BCUT2D eigenvalue weighted by Crippen LogP contribution is -2.13. The van der Waals surface area contributed by atoms with E-state index in [1.165, 1.54) is 5.56 Å². The van der Waals surface area contributed by atoms with Crippen LogP contribution in [0.15, 0.2) is 42.5 Å². The Morgan fingerprint density at radius 1 is 1.11 bits per heavy atom. The molecule has 0 saturated heterocycles. The Hall–Kier alpha value is -1.61. The third-order valence-corrected chi connectivity index (χ3v) is 3.86. The number of anilines is 1. The highest BCUT2D eigenvalue weighted by atomic mass is 79.9. The molecule has 1 N–H and O–H groups in total. The van der Waals surface area contributed by atoms with Gasteiger partial charge in [-0.1, -0.05) is 40.2 Å². The molecule has 0 radical (unpaired) electrons. The van der Waals surface area contributed by atoms with Crippen molar-refractivity contribution in [1.82, 2.24) is 0 Å². The molecule has 0 spiro atoms. The summed E-state index contributed by atoms with van der Waals surface area (Å²) in [6.07, 6.45) is 0. The van der Waals surface area contributed by atoms with E-state index in [1.54, 1.807) is 0 Å². The Labute approximate surface area is 122 Å². The third-order valence-electron chi connectivity index (χ3n) is 3.22. The first-order valence-electron chi connectivity index (χ1n) is 6.14. The molecule has 0 aliphatic heterocycles. The summed E-state index contributed by atoms with van der Waals surface area (Å²) >= 11 is 3.40. The molecule has 19 heavy (non-hydrogen) atoms. The van der Waals surface area contributed by atoms with Crippen LogP contribution in [-0.2, 0) is 5.33 Å². The summed E-state index contributed by atoms with van der Waals surface area (Å²) in [6, 6.07) is 13.6. The standard InChI is InChI=1S/C16H16BrNO/c1-11-4-3-5-15(12(11)2)16(19)18-14-8-6-13(10-17)7-9-14/h3-9H,10H2,1-2H3,(H,18,19). The number of hydrogen-bond donors (Lipinski definition) is 1. The van der Waals surface area contributed by atoms with E-state index < -0.39 is 0 Å². The minimum Gasteiger partial charge on any atom is -0.322 e. The first kappa shape index (κ1) is 13.8. The van der Waals surface area contributed by atoms with Crippen LogP contribution in [0.3, 0.4) is 0 Å². The molecule has 0 heterocycles. The summed E-state index contributed by atoms with van der Waals surface area (Å²) in [5.74, 6) is -0.0622. The van der Waals surface area contributed by atoms with E-state index in [4.69, 9.17) is 0 Å². The molecule has 0 unspecified atom stereocenters. The SMILES string of the molecule is Cc1cccc(C(=O)Nc2ccc(CBr)cc2)c1C. The van der Waals surface area contributed by atoms with Gasteiger partial charge in [-0.05, 0) is 48.7 Å². The van der Waals surface area contributed by atoms with Crippen molar-refractivity contribution in [2.24, 2.45) is 0 Å². The van der Waals surface area contributed by atoms with Crippen molar-refractivity contribution in [2.75, 3.05) is 5.32 Å². The van der Waals surface area contributed by atoms with Crippen LogP contribution in [0.25, 0.3) is 0 Å². The molecular formula is C16H16BrNO. The Balaban J connectivity index is 2.18. The lowest BCUT2D eigenvalue weighted by molar-refractivity contribution is 0.102. The summed E-state index contributed by atoms with van der Waals surface area (Å²) in [6.45, 7) is 3.98. The van der Waals surface area contributed by atoms with Gasteiger partial charge in [0.25, 0.3) is 5.91 Å². The van der Waals surface area contributed by atoms with Gasteiger partial charge >= 0.3 is 0 Å². The van der Waals surface area contributed by atoms with Crippen LogP contribution < -0.4 is 5.32 Å². The van der Waals surface area contributed by atoms with E-state index in [2.05, 4.69) is 21.2 Å². The molecule has 0 bridgehead atoms. The van der Waals surface area contributed by atoms with Gasteiger partial charge in [0, 0.05) is 16.6 Å². The lowest BCUT2D eigenvalue weighted by atomic mass is 10.0. The number of nitrogens with one attached hydrogen (secondary N) is 1. The highest BCUT2D eigenvalue weighted by molar-refractivity contribution is 9.08. The second-order valence-electron chi connectivity index (χ2n) is 4.53. The Kier molecular flexibility index (Phi) is 4.38. The zero-order valence-corrected chi connectivity index (χ0v) is 12.6. The second-order valence-corrected chi connectivity index (χ2v) is 5.09. The molecule has 0 aliphatic rings. The summed E-state index contributed by atoms with van der Waals surface area (Å²) in [5.41, 5.74) is 4.88. The van der Waals surface area contributed by atoms with Crippen molar-refractivity contribution in [2.45, 2.75) is 19.2 Å². The molecule has 0 aliphatic carbocycles. The molecule has 2 nitrogen and oxygen atoms in total. The normalized spacial score (nSPS) is 10.3. The second kappa shape index (κ2) is 6.02. The van der Waals surface area contributed by atoms with Gasteiger partial charge in [0.15, 0.2) is 0 Å².